The summed E-state index contributed by atoms with van der Waals surface area (Å²) in [4.78, 5) is 0. The monoisotopic (exact) mass is 213 g/mol. The molecule has 0 amide bonds. The standard InChI is InChI=1S/C10H16ClN3/c1-8-9(6-4-3-5-7-12)10(11)14(2)13-8/h3-4H,5-7,12H2,1-2H3/b4-3+. The molecule has 4 heteroatoms. The Morgan fingerprint density at radius 1 is 1.50 bits per heavy atom. The van der Waals surface area contributed by atoms with Gasteiger partial charge in [-0.2, -0.15) is 5.10 Å². The fraction of sp³-hybridized carbons (Fsp3) is 0.500. The number of halogens is 1. The molecule has 0 unspecified atom stereocenters. The third-order valence-electron chi connectivity index (χ3n) is 2.09. The number of aromatic nitrogens is 2. The Hall–Kier alpha value is -0.800. The number of aryl methyl sites for hydroxylation is 2. The maximum atomic E-state index is 6.07. The zero-order valence-corrected chi connectivity index (χ0v) is 9.38. The number of nitrogens with two attached hydrogens (primary N) is 1. The maximum absolute atomic E-state index is 6.07. The normalized spacial score (nSPS) is 11.4. The third-order valence-corrected chi connectivity index (χ3v) is 2.56. The van der Waals surface area contributed by atoms with Crippen LogP contribution in [-0.4, -0.2) is 16.3 Å². The first kappa shape index (κ1) is 11.3. The quantitative estimate of drug-likeness (QED) is 0.776. The van der Waals surface area contributed by atoms with E-state index in [1.807, 2.05) is 14.0 Å². The van der Waals surface area contributed by atoms with Gasteiger partial charge in [0.15, 0.2) is 0 Å². The van der Waals surface area contributed by atoms with Crippen molar-refractivity contribution in [3.05, 3.63) is 28.6 Å². The summed E-state index contributed by atoms with van der Waals surface area (Å²) in [6, 6.07) is 0. The summed E-state index contributed by atoms with van der Waals surface area (Å²) in [5.41, 5.74) is 7.47. The van der Waals surface area contributed by atoms with Crippen molar-refractivity contribution in [1.82, 2.24) is 9.78 Å². The Labute approximate surface area is 89.5 Å². The van der Waals surface area contributed by atoms with Gasteiger partial charge in [-0.3, -0.25) is 4.68 Å². The molecule has 0 fully saturated rings. The first-order chi connectivity index (χ1) is 6.66. The molecule has 0 aliphatic carbocycles. The van der Waals surface area contributed by atoms with Crippen LogP contribution >= 0.6 is 11.6 Å². The molecule has 3 nitrogen and oxygen atoms in total. The minimum Gasteiger partial charge on any atom is -0.330 e. The van der Waals surface area contributed by atoms with Gasteiger partial charge in [0.25, 0.3) is 0 Å². The SMILES string of the molecule is Cc1nn(C)c(Cl)c1C/C=C/CCN. The third kappa shape index (κ3) is 2.59. The lowest BCUT2D eigenvalue weighted by Gasteiger charge is -1.94. The summed E-state index contributed by atoms with van der Waals surface area (Å²) in [7, 11) is 1.85. The van der Waals surface area contributed by atoms with Crippen molar-refractivity contribution < 1.29 is 0 Å². The molecule has 0 radical (unpaired) electrons. The Balaban J connectivity index is 2.67. The highest BCUT2D eigenvalue weighted by molar-refractivity contribution is 6.30. The lowest BCUT2D eigenvalue weighted by molar-refractivity contribution is 0.757. The molecule has 1 aromatic rings. The zero-order valence-electron chi connectivity index (χ0n) is 8.63. The number of hydrogen-bond acceptors (Lipinski definition) is 2. The molecule has 0 aromatic carbocycles. The van der Waals surface area contributed by atoms with Gasteiger partial charge in [-0.05, 0) is 26.3 Å². The fourth-order valence-electron chi connectivity index (χ4n) is 1.32. The number of rotatable bonds is 4. The van der Waals surface area contributed by atoms with E-state index in [1.54, 1.807) is 4.68 Å². The average Bonchev–Trinajstić information content (AvgIpc) is 2.38. The van der Waals surface area contributed by atoms with E-state index in [0.29, 0.717) is 6.54 Å². The lowest BCUT2D eigenvalue weighted by atomic mass is 10.2. The largest absolute Gasteiger partial charge is 0.330 e. The maximum Gasteiger partial charge on any atom is 0.130 e. The van der Waals surface area contributed by atoms with E-state index in [2.05, 4.69) is 17.3 Å². The highest BCUT2D eigenvalue weighted by Crippen LogP contribution is 2.19. The van der Waals surface area contributed by atoms with Crippen molar-refractivity contribution >= 4 is 11.6 Å². The summed E-state index contributed by atoms with van der Waals surface area (Å²) < 4.78 is 1.70. The molecule has 1 aromatic heterocycles. The second kappa shape index (κ2) is 5.17. The van der Waals surface area contributed by atoms with Crippen LogP contribution in [0.1, 0.15) is 17.7 Å². The minimum absolute atomic E-state index is 0.691. The molecular formula is C10H16ClN3. The van der Waals surface area contributed by atoms with Crippen LogP contribution < -0.4 is 5.73 Å². The Morgan fingerprint density at radius 2 is 2.21 bits per heavy atom. The summed E-state index contributed by atoms with van der Waals surface area (Å²) in [6.45, 7) is 2.66. The number of allylic oxidation sites excluding steroid dienone is 1. The molecule has 0 spiro atoms. The molecule has 0 aliphatic heterocycles. The predicted octanol–water partition coefficient (Wildman–Crippen LogP) is 1.83. The van der Waals surface area contributed by atoms with Crippen LogP contribution in [0.25, 0.3) is 0 Å². The summed E-state index contributed by atoms with van der Waals surface area (Å²) >= 11 is 6.07. The molecule has 0 saturated heterocycles. The van der Waals surface area contributed by atoms with E-state index in [9.17, 15) is 0 Å². The van der Waals surface area contributed by atoms with Crippen LogP contribution in [-0.2, 0) is 13.5 Å². The van der Waals surface area contributed by atoms with Gasteiger partial charge in [0.05, 0.1) is 5.69 Å². The molecule has 14 heavy (non-hydrogen) atoms. The second-order valence-electron chi connectivity index (χ2n) is 3.23. The Bertz CT molecular complexity index is 328. The van der Waals surface area contributed by atoms with Gasteiger partial charge in [-0.1, -0.05) is 23.8 Å². The molecule has 1 rings (SSSR count). The van der Waals surface area contributed by atoms with Crippen LogP contribution in [0.4, 0.5) is 0 Å². The molecule has 0 atom stereocenters. The van der Waals surface area contributed by atoms with Crippen LogP contribution in [0, 0.1) is 6.92 Å². The van der Waals surface area contributed by atoms with Crippen molar-refractivity contribution in [2.75, 3.05) is 6.54 Å². The van der Waals surface area contributed by atoms with Crippen molar-refractivity contribution in [3.63, 3.8) is 0 Å². The molecule has 1 heterocycles. The van der Waals surface area contributed by atoms with Gasteiger partial charge in [-0.25, -0.2) is 0 Å². The van der Waals surface area contributed by atoms with Gasteiger partial charge < -0.3 is 5.73 Å². The van der Waals surface area contributed by atoms with E-state index in [4.69, 9.17) is 17.3 Å². The Kier molecular flexibility index (Phi) is 4.17. The van der Waals surface area contributed by atoms with Crippen LogP contribution in [0.5, 0.6) is 0 Å². The highest BCUT2D eigenvalue weighted by Gasteiger charge is 2.08. The van der Waals surface area contributed by atoms with Gasteiger partial charge in [0.2, 0.25) is 0 Å². The second-order valence-corrected chi connectivity index (χ2v) is 3.59. The van der Waals surface area contributed by atoms with Crippen molar-refractivity contribution in [2.45, 2.75) is 19.8 Å². The van der Waals surface area contributed by atoms with E-state index in [-0.39, 0.29) is 0 Å². The first-order valence-corrected chi connectivity index (χ1v) is 5.07. The summed E-state index contributed by atoms with van der Waals surface area (Å²) in [5.74, 6) is 0. The van der Waals surface area contributed by atoms with Crippen molar-refractivity contribution in [1.29, 1.82) is 0 Å². The molecule has 0 bridgehead atoms. The summed E-state index contributed by atoms with van der Waals surface area (Å²) in [6.07, 6.45) is 5.90. The zero-order chi connectivity index (χ0) is 10.6. The fourth-order valence-corrected chi connectivity index (χ4v) is 1.57. The number of nitrogens with zero attached hydrogens (tertiary/aromatic N) is 2. The van der Waals surface area contributed by atoms with Gasteiger partial charge in [0.1, 0.15) is 5.15 Å². The molecule has 2 N–H and O–H groups in total. The first-order valence-electron chi connectivity index (χ1n) is 4.70. The predicted molar refractivity (Wildman–Crippen MR) is 59.5 cm³/mol. The minimum atomic E-state index is 0.691. The topological polar surface area (TPSA) is 43.8 Å². The summed E-state index contributed by atoms with van der Waals surface area (Å²) in [5, 5.41) is 4.96. The van der Waals surface area contributed by atoms with Crippen LogP contribution in [0.2, 0.25) is 5.15 Å². The van der Waals surface area contributed by atoms with E-state index < -0.39 is 0 Å². The van der Waals surface area contributed by atoms with Gasteiger partial charge >= 0.3 is 0 Å². The lowest BCUT2D eigenvalue weighted by Crippen LogP contribution is -1.95. The molecule has 0 saturated carbocycles. The van der Waals surface area contributed by atoms with Crippen LogP contribution in [0.3, 0.4) is 0 Å². The highest BCUT2D eigenvalue weighted by atomic mass is 35.5. The number of hydrogen-bond donors (Lipinski definition) is 1. The smallest absolute Gasteiger partial charge is 0.130 e. The van der Waals surface area contributed by atoms with Crippen molar-refractivity contribution in [2.24, 2.45) is 12.8 Å². The van der Waals surface area contributed by atoms with E-state index >= 15 is 0 Å². The van der Waals surface area contributed by atoms with Crippen LogP contribution in [0.15, 0.2) is 12.2 Å². The molecular weight excluding hydrogens is 198 g/mol. The van der Waals surface area contributed by atoms with E-state index in [0.717, 1.165) is 29.3 Å². The van der Waals surface area contributed by atoms with E-state index in [1.165, 1.54) is 0 Å². The van der Waals surface area contributed by atoms with Gasteiger partial charge in [-0.15, -0.1) is 0 Å². The average molecular weight is 214 g/mol. The molecule has 78 valence electrons. The Morgan fingerprint density at radius 3 is 2.71 bits per heavy atom. The van der Waals surface area contributed by atoms with Gasteiger partial charge in [0, 0.05) is 12.6 Å². The van der Waals surface area contributed by atoms with Crippen molar-refractivity contribution in [3.8, 4) is 0 Å². The molecule has 0 aliphatic rings.